The molecule has 0 heterocycles. The van der Waals surface area contributed by atoms with Crippen LogP contribution in [0.5, 0.6) is 11.5 Å². The van der Waals surface area contributed by atoms with Crippen LogP contribution in [0.1, 0.15) is 11.1 Å². The third kappa shape index (κ3) is 3.50. The Kier molecular flexibility index (Phi) is 3.84. The van der Waals surface area contributed by atoms with Crippen molar-refractivity contribution in [3.05, 3.63) is 70.6 Å². The second kappa shape index (κ2) is 5.43. The van der Waals surface area contributed by atoms with Gasteiger partial charge in [0.25, 0.3) is 5.69 Å². The van der Waals surface area contributed by atoms with Crippen LogP contribution in [-0.2, 0) is 6.18 Å². The van der Waals surface area contributed by atoms with Gasteiger partial charge in [0.1, 0.15) is 11.5 Å². The minimum Gasteiger partial charge on any atom is -0.457 e. The molecule has 21 heavy (non-hydrogen) atoms. The molecule has 2 rings (SSSR count). The summed E-state index contributed by atoms with van der Waals surface area (Å²) in [4.78, 5) is 10.1. The average Bonchev–Trinajstić information content (AvgIpc) is 2.38. The van der Waals surface area contributed by atoms with Gasteiger partial charge in [0, 0.05) is 11.6 Å². The van der Waals surface area contributed by atoms with Crippen LogP contribution in [0.15, 0.2) is 42.5 Å². The monoisotopic (exact) mass is 296 g/mol. The summed E-state index contributed by atoms with van der Waals surface area (Å²) in [6.07, 6.45) is -4.41. The Morgan fingerprint density at radius 3 is 2.10 bits per heavy atom. The fourth-order valence-corrected chi connectivity index (χ4v) is 1.65. The van der Waals surface area contributed by atoms with E-state index in [1.165, 1.54) is 30.3 Å². The van der Waals surface area contributed by atoms with E-state index in [0.29, 0.717) is 0 Å². The fraction of sp³-hybridized carbons (Fsp3) is 0.0714. The normalized spacial score (nSPS) is 11.2. The van der Waals surface area contributed by atoms with Crippen LogP contribution in [0.4, 0.5) is 18.9 Å². The highest BCUT2D eigenvalue weighted by Crippen LogP contribution is 2.32. The predicted octanol–water partition coefficient (Wildman–Crippen LogP) is 4.59. The number of nitro benzene ring substituents is 1. The first kappa shape index (κ1) is 14.8. The molecule has 109 valence electrons. The standard InChI is InChI=1S/C14H9F3NO3/c1-9-8-12(6-7-13(9)18(19)20)21-11-4-2-10(3-5-11)14(15,16)17/h2-8H,1H2. The van der Waals surface area contributed by atoms with Gasteiger partial charge in [-0.3, -0.25) is 10.1 Å². The summed E-state index contributed by atoms with van der Waals surface area (Å²) in [5.74, 6) is 0.446. The molecule has 0 aliphatic carbocycles. The number of nitrogens with zero attached hydrogens (tertiary/aromatic N) is 1. The fourth-order valence-electron chi connectivity index (χ4n) is 1.65. The Morgan fingerprint density at radius 1 is 1.05 bits per heavy atom. The predicted molar refractivity (Wildman–Crippen MR) is 69.1 cm³/mol. The maximum Gasteiger partial charge on any atom is 0.416 e. The lowest BCUT2D eigenvalue weighted by Crippen LogP contribution is -2.04. The molecule has 0 aromatic heterocycles. The van der Waals surface area contributed by atoms with Gasteiger partial charge in [0.2, 0.25) is 0 Å². The first-order chi connectivity index (χ1) is 9.77. The van der Waals surface area contributed by atoms with Crippen molar-refractivity contribution in [2.75, 3.05) is 0 Å². The minimum absolute atomic E-state index is 0.157. The lowest BCUT2D eigenvalue weighted by atomic mass is 10.2. The maximum absolute atomic E-state index is 12.4. The molecular weight excluding hydrogens is 287 g/mol. The van der Waals surface area contributed by atoms with Crippen LogP contribution in [0, 0.1) is 17.0 Å². The molecule has 0 saturated heterocycles. The number of benzene rings is 2. The van der Waals surface area contributed by atoms with E-state index in [1.807, 2.05) is 0 Å². The molecule has 7 heteroatoms. The zero-order valence-electron chi connectivity index (χ0n) is 10.6. The summed E-state index contributed by atoms with van der Waals surface area (Å²) in [6, 6.07) is 8.06. The van der Waals surface area contributed by atoms with Crippen LogP contribution >= 0.6 is 0 Å². The molecule has 0 fully saturated rings. The molecule has 0 aliphatic heterocycles. The lowest BCUT2D eigenvalue weighted by molar-refractivity contribution is -0.385. The van der Waals surface area contributed by atoms with Crippen molar-refractivity contribution in [2.45, 2.75) is 6.18 Å². The molecule has 0 amide bonds. The first-order valence-corrected chi connectivity index (χ1v) is 5.73. The lowest BCUT2D eigenvalue weighted by Gasteiger charge is -2.09. The Hall–Kier alpha value is -2.57. The first-order valence-electron chi connectivity index (χ1n) is 5.73. The third-order valence-electron chi connectivity index (χ3n) is 2.67. The Morgan fingerprint density at radius 2 is 1.62 bits per heavy atom. The van der Waals surface area contributed by atoms with Crippen molar-refractivity contribution < 1.29 is 22.8 Å². The minimum atomic E-state index is -4.41. The topological polar surface area (TPSA) is 52.4 Å². The summed E-state index contributed by atoms with van der Waals surface area (Å²) in [6.45, 7) is 3.52. The third-order valence-corrected chi connectivity index (χ3v) is 2.67. The van der Waals surface area contributed by atoms with Crippen molar-refractivity contribution >= 4 is 5.69 Å². The van der Waals surface area contributed by atoms with Crippen molar-refractivity contribution in [2.24, 2.45) is 0 Å². The maximum atomic E-state index is 12.4. The molecule has 0 spiro atoms. The van der Waals surface area contributed by atoms with Gasteiger partial charge in [0.05, 0.1) is 10.5 Å². The Labute approximate surface area is 117 Å². The highest BCUT2D eigenvalue weighted by Gasteiger charge is 2.30. The number of hydrogen-bond acceptors (Lipinski definition) is 3. The van der Waals surface area contributed by atoms with Gasteiger partial charge < -0.3 is 4.74 Å². The van der Waals surface area contributed by atoms with E-state index < -0.39 is 16.7 Å². The zero-order chi connectivity index (χ0) is 15.6. The van der Waals surface area contributed by atoms with E-state index in [0.717, 1.165) is 12.1 Å². The van der Waals surface area contributed by atoms with Crippen LogP contribution in [0.3, 0.4) is 0 Å². The van der Waals surface area contributed by atoms with E-state index in [2.05, 4.69) is 6.92 Å². The number of halogens is 3. The quantitative estimate of drug-likeness (QED) is 0.615. The summed E-state index contributed by atoms with van der Waals surface area (Å²) in [7, 11) is 0. The molecule has 2 aromatic carbocycles. The molecule has 0 atom stereocenters. The van der Waals surface area contributed by atoms with Crippen molar-refractivity contribution in [1.29, 1.82) is 0 Å². The van der Waals surface area contributed by atoms with Gasteiger partial charge in [-0.1, -0.05) is 0 Å². The van der Waals surface area contributed by atoms with E-state index in [1.54, 1.807) is 0 Å². The SMILES string of the molecule is [CH2]c1cc(Oc2ccc(C(F)(F)F)cc2)ccc1[N+](=O)[O-]. The molecule has 0 saturated carbocycles. The zero-order valence-corrected chi connectivity index (χ0v) is 10.6. The van der Waals surface area contributed by atoms with Crippen molar-refractivity contribution in [3.63, 3.8) is 0 Å². The smallest absolute Gasteiger partial charge is 0.416 e. The summed E-state index contributed by atoms with van der Waals surface area (Å²) >= 11 is 0. The molecule has 0 N–H and O–H groups in total. The second-order valence-corrected chi connectivity index (χ2v) is 4.17. The van der Waals surface area contributed by atoms with Crippen molar-refractivity contribution in [3.8, 4) is 11.5 Å². The van der Waals surface area contributed by atoms with Crippen molar-refractivity contribution in [1.82, 2.24) is 0 Å². The second-order valence-electron chi connectivity index (χ2n) is 4.17. The number of alkyl halides is 3. The van der Waals surface area contributed by atoms with Gasteiger partial charge >= 0.3 is 6.18 Å². The molecule has 0 unspecified atom stereocenters. The van der Waals surface area contributed by atoms with Gasteiger partial charge in [-0.25, -0.2) is 0 Å². The van der Waals surface area contributed by atoms with Crippen LogP contribution in [0.25, 0.3) is 0 Å². The highest BCUT2D eigenvalue weighted by atomic mass is 19.4. The summed E-state index contributed by atoms with van der Waals surface area (Å²) in [5.41, 5.74) is -0.782. The van der Waals surface area contributed by atoms with E-state index >= 15 is 0 Å². The molecule has 2 aromatic rings. The van der Waals surface area contributed by atoms with Crippen LogP contribution in [0.2, 0.25) is 0 Å². The van der Waals surface area contributed by atoms with Gasteiger partial charge in [-0.2, -0.15) is 13.2 Å². The summed E-state index contributed by atoms with van der Waals surface area (Å²) in [5, 5.41) is 10.6. The van der Waals surface area contributed by atoms with Crippen LogP contribution in [-0.4, -0.2) is 4.92 Å². The van der Waals surface area contributed by atoms with Gasteiger partial charge in [0.15, 0.2) is 0 Å². The number of nitro groups is 1. The molecular formula is C14H9F3NO3. The molecule has 4 nitrogen and oxygen atoms in total. The van der Waals surface area contributed by atoms with Gasteiger partial charge in [-0.05, 0) is 43.3 Å². The Balaban J connectivity index is 2.19. The van der Waals surface area contributed by atoms with Gasteiger partial charge in [-0.15, -0.1) is 0 Å². The number of rotatable bonds is 3. The summed E-state index contributed by atoms with van der Waals surface area (Å²) < 4.78 is 42.6. The highest BCUT2D eigenvalue weighted by molar-refractivity contribution is 5.48. The number of ether oxygens (including phenoxy) is 1. The van der Waals surface area contributed by atoms with Crippen LogP contribution < -0.4 is 4.74 Å². The largest absolute Gasteiger partial charge is 0.457 e. The molecule has 1 radical (unpaired) electrons. The van der Waals surface area contributed by atoms with E-state index in [4.69, 9.17) is 4.74 Å². The average molecular weight is 296 g/mol. The number of hydrogen-bond donors (Lipinski definition) is 0. The molecule has 0 bridgehead atoms. The Bertz CT molecular complexity index is 666. The molecule has 0 aliphatic rings. The van der Waals surface area contributed by atoms with E-state index in [-0.39, 0.29) is 22.7 Å². The van der Waals surface area contributed by atoms with E-state index in [9.17, 15) is 23.3 Å².